The van der Waals surface area contributed by atoms with Gasteiger partial charge in [-0.1, -0.05) is 53.2 Å². The molecule has 0 saturated heterocycles. The van der Waals surface area contributed by atoms with Gasteiger partial charge in [0.05, 0.1) is 16.7 Å². The Labute approximate surface area is 135 Å². The lowest BCUT2D eigenvalue weighted by atomic mass is 10.1. The van der Waals surface area contributed by atoms with Crippen molar-refractivity contribution in [1.82, 2.24) is 5.16 Å². The molecule has 0 saturated carbocycles. The number of hydrogen-bond donors (Lipinski definition) is 1. The minimum Gasteiger partial charge on any atom is -0.337 e. The molecule has 1 aromatic heterocycles. The van der Waals surface area contributed by atoms with Crippen LogP contribution in [0.5, 0.6) is 0 Å². The van der Waals surface area contributed by atoms with Gasteiger partial charge >= 0.3 is 0 Å². The van der Waals surface area contributed by atoms with Crippen molar-refractivity contribution in [2.24, 2.45) is 0 Å². The second kappa shape index (κ2) is 5.89. The smallest absolute Gasteiger partial charge is 0.264 e. The van der Waals surface area contributed by atoms with Crippen molar-refractivity contribution in [3.05, 3.63) is 65.9 Å². The molecule has 0 bridgehead atoms. The highest BCUT2D eigenvalue weighted by Gasteiger charge is 2.21. The molecule has 5 nitrogen and oxygen atoms in total. The lowest BCUT2D eigenvalue weighted by Crippen LogP contribution is -2.14. The third-order valence-corrected chi connectivity index (χ3v) is 4.99. The van der Waals surface area contributed by atoms with Gasteiger partial charge in [-0.3, -0.25) is 0 Å². The normalized spacial score (nSPS) is 11.4. The number of nitrogens with one attached hydrogen (secondary N) is 1. The monoisotopic (exact) mass is 328 g/mol. The molecule has 0 aliphatic carbocycles. The SMILES string of the molecule is Cc1ccc(S(=O)(=O)Nc2oncc2-c2ccccc2)c(C)c1. The largest absolute Gasteiger partial charge is 0.337 e. The molecule has 23 heavy (non-hydrogen) atoms. The van der Waals surface area contributed by atoms with Crippen molar-refractivity contribution in [2.75, 3.05) is 4.72 Å². The van der Waals surface area contributed by atoms with Gasteiger partial charge in [0.25, 0.3) is 10.0 Å². The van der Waals surface area contributed by atoms with E-state index in [2.05, 4.69) is 9.88 Å². The standard InChI is InChI=1S/C17H16N2O3S/c1-12-8-9-16(13(2)10-12)23(20,21)19-17-15(11-18-22-17)14-6-4-3-5-7-14/h3-11,19H,1-2H3. The first-order chi connectivity index (χ1) is 11.0. The average Bonchev–Trinajstić information content (AvgIpc) is 2.95. The van der Waals surface area contributed by atoms with Crippen molar-refractivity contribution in [1.29, 1.82) is 0 Å². The summed E-state index contributed by atoms with van der Waals surface area (Å²) in [5.74, 6) is 0.108. The molecule has 0 radical (unpaired) electrons. The van der Waals surface area contributed by atoms with Crippen LogP contribution in [0.2, 0.25) is 0 Å². The number of aryl methyl sites for hydroxylation is 2. The topological polar surface area (TPSA) is 72.2 Å². The third kappa shape index (κ3) is 3.12. The summed E-state index contributed by atoms with van der Waals surface area (Å²) in [5.41, 5.74) is 3.11. The number of nitrogens with zero attached hydrogens (tertiary/aromatic N) is 1. The summed E-state index contributed by atoms with van der Waals surface area (Å²) in [4.78, 5) is 0.221. The van der Waals surface area contributed by atoms with E-state index in [0.717, 1.165) is 11.1 Å². The lowest BCUT2D eigenvalue weighted by molar-refractivity contribution is 0.435. The Balaban J connectivity index is 1.98. The van der Waals surface area contributed by atoms with Crippen molar-refractivity contribution in [2.45, 2.75) is 18.7 Å². The zero-order chi connectivity index (χ0) is 16.4. The van der Waals surface area contributed by atoms with Gasteiger partial charge in [0.15, 0.2) is 0 Å². The van der Waals surface area contributed by atoms with E-state index < -0.39 is 10.0 Å². The quantitative estimate of drug-likeness (QED) is 0.791. The van der Waals surface area contributed by atoms with Crippen LogP contribution in [-0.2, 0) is 10.0 Å². The van der Waals surface area contributed by atoms with E-state index in [0.29, 0.717) is 11.1 Å². The molecular weight excluding hydrogens is 312 g/mol. The molecule has 0 unspecified atom stereocenters. The summed E-state index contributed by atoms with van der Waals surface area (Å²) in [6.07, 6.45) is 1.50. The summed E-state index contributed by atoms with van der Waals surface area (Å²) in [7, 11) is -3.74. The zero-order valence-corrected chi connectivity index (χ0v) is 13.6. The summed E-state index contributed by atoms with van der Waals surface area (Å²) in [6.45, 7) is 3.68. The Morgan fingerprint density at radius 1 is 1.04 bits per heavy atom. The van der Waals surface area contributed by atoms with Gasteiger partial charge in [-0.15, -0.1) is 0 Å². The summed E-state index contributed by atoms with van der Waals surface area (Å²) >= 11 is 0. The first-order valence-electron chi connectivity index (χ1n) is 7.07. The van der Waals surface area contributed by atoms with Crippen molar-refractivity contribution in [3.63, 3.8) is 0 Å². The maximum Gasteiger partial charge on any atom is 0.264 e. The lowest BCUT2D eigenvalue weighted by Gasteiger charge is -2.10. The Morgan fingerprint density at radius 2 is 1.78 bits per heavy atom. The molecule has 3 aromatic rings. The number of anilines is 1. The molecule has 6 heteroatoms. The number of benzene rings is 2. The number of aromatic nitrogens is 1. The molecule has 0 aliphatic heterocycles. The van der Waals surface area contributed by atoms with Gasteiger partial charge in [0.2, 0.25) is 5.88 Å². The van der Waals surface area contributed by atoms with E-state index in [-0.39, 0.29) is 10.8 Å². The van der Waals surface area contributed by atoms with Gasteiger partial charge in [-0.25, -0.2) is 13.1 Å². The molecule has 118 valence electrons. The van der Waals surface area contributed by atoms with E-state index in [1.165, 1.54) is 6.20 Å². The fraction of sp³-hybridized carbons (Fsp3) is 0.118. The van der Waals surface area contributed by atoms with Crippen LogP contribution in [0.25, 0.3) is 11.1 Å². The van der Waals surface area contributed by atoms with Gasteiger partial charge < -0.3 is 4.52 Å². The van der Waals surface area contributed by atoms with E-state index in [1.54, 1.807) is 19.1 Å². The van der Waals surface area contributed by atoms with Crippen molar-refractivity contribution < 1.29 is 12.9 Å². The highest BCUT2D eigenvalue weighted by Crippen LogP contribution is 2.30. The minimum absolute atomic E-state index is 0.108. The molecule has 0 atom stereocenters. The third-order valence-electron chi connectivity index (χ3n) is 3.50. The highest BCUT2D eigenvalue weighted by atomic mass is 32.2. The van der Waals surface area contributed by atoms with Crippen LogP contribution < -0.4 is 4.72 Å². The Morgan fingerprint density at radius 3 is 2.48 bits per heavy atom. The predicted molar refractivity (Wildman–Crippen MR) is 88.7 cm³/mol. The minimum atomic E-state index is -3.74. The predicted octanol–water partition coefficient (Wildman–Crippen LogP) is 3.76. The van der Waals surface area contributed by atoms with E-state index in [1.807, 2.05) is 43.3 Å². The van der Waals surface area contributed by atoms with E-state index >= 15 is 0 Å². The maximum atomic E-state index is 12.6. The summed E-state index contributed by atoms with van der Waals surface area (Å²) in [5, 5.41) is 3.71. The fourth-order valence-electron chi connectivity index (χ4n) is 2.41. The molecule has 2 aromatic carbocycles. The summed E-state index contributed by atoms with van der Waals surface area (Å²) < 4.78 is 32.8. The van der Waals surface area contributed by atoms with Crippen LogP contribution >= 0.6 is 0 Å². The first kappa shape index (κ1) is 15.3. The Kier molecular flexibility index (Phi) is 3.92. The highest BCUT2D eigenvalue weighted by molar-refractivity contribution is 7.92. The Bertz CT molecular complexity index is 931. The number of rotatable bonds is 4. The second-order valence-corrected chi connectivity index (χ2v) is 6.96. The van der Waals surface area contributed by atoms with Gasteiger partial charge in [0, 0.05) is 0 Å². The molecule has 0 aliphatic rings. The Hall–Kier alpha value is -2.60. The van der Waals surface area contributed by atoms with Crippen LogP contribution in [0, 0.1) is 13.8 Å². The molecule has 0 spiro atoms. The number of hydrogen-bond acceptors (Lipinski definition) is 4. The van der Waals surface area contributed by atoms with Crippen LogP contribution in [0.4, 0.5) is 5.88 Å². The van der Waals surface area contributed by atoms with Gasteiger partial charge in [-0.05, 0) is 31.0 Å². The molecular formula is C17H16N2O3S. The molecule has 1 heterocycles. The molecule has 0 fully saturated rings. The second-order valence-electron chi connectivity index (χ2n) is 5.31. The molecule has 3 rings (SSSR count). The van der Waals surface area contributed by atoms with Crippen molar-refractivity contribution >= 4 is 15.9 Å². The fourth-order valence-corrected chi connectivity index (χ4v) is 3.65. The van der Waals surface area contributed by atoms with Gasteiger partial charge in [0.1, 0.15) is 0 Å². The first-order valence-corrected chi connectivity index (χ1v) is 8.56. The average molecular weight is 328 g/mol. The van der Waals surface area contributed by atoms with Crippen LogP contribution in [0.3, 0.4) is 0 Å². The molecule has 0 amide bonds. The maximum absolute atomic E-state index is 12.6. The van der Waals surface area contributed by atoms with Crippen LogP contribution in [0.15, 0.2) is 64.1 Å². The van der Waals surface area contributed by atoms with Crippen LogP contribution in [-0.4, -0.2) is 13.6 Å². The zero-order valence-electron chi connectivity index (χ0n) is 12.8. The molecule has 1 N–H and O–H groups in total. The number of sulfonamides is 1. The van der Waals surface area contributed by atoms with Crippen molar-refractivity contribution in [3.8, 4) is 11.1 Å². The van der Waals surface area contributed by atoms with Gasteiger partial charge in [-0.2, -0.15) is 0 Å². The van der Waals surface area contributed by atoms with E-state index in [9.17, 15) is 8.42 Å². The van der Waals surface area contributed by atoms with Crippen LogP contribution in [0.1, 0.15) is 11.1 Å². The summed E-state index contributed by atoms with van der Waals surface area (Å²) in [6, 6.07) is 14.5. The van der Waals surface area contributed by atoms with E-state index in [4.69, 9.17) is 4.52 Å².